The van der Waals surface area contributed by atoms with Gasteiger partial charge in [0.2, 0.25) is 21.8 Å². The third-order valence-corrected chi connectivity index (χ3v) is 15.2. The summed E-state index contributed by atoms with van der Waals surface area (Å²) in [7, 11) is -3.87. The Bertz CT molecular complexity index is 2170. The molecule has 0 radical (unpaired) electrons. The topological polar surface area (TPSA) is 171 Å². The van der Waals surface area contributed by atoms with E-state index in [1.165, 1.54) is 9.47 Å². The van der Waals surface area contributed by atoms with Gasteiger partial charge >= 0.3 is 5.97 Å². The molecule has 2 bridgehead atoms. The van der Waals surface area contributed by atoms with E-state index in [9.17, 15) is 32.4 Å². The maximum atomic E-state index is 14.9. The van der Waals surface area contributed by atoms with Gasteiger partial charge in [0, 0.05) is 25.3 Å². The Morgan fingerprint density at radius 3 is 2.55 bits per heavy atom. The van der Waals surface area contributed by atoms with Crippen LogP contribution in [0.2, 0.25) is 0 Å². The Kier molecular flexibility index (Phi) is 10.0. The number of hydrogen-bond acceptors (Lipinski definition) is 10. The van der Waals surface area contributed by atoms with Crippen molar-refractivity contribution in [2.75, 3.05) is 6.54 Å². The largest absolute Gasteiger partial charge is 0.459 e. The average Bonchev–Trinajstić information content (AvgIpc) is 4.10. The molecule has 56 heavy (non-hydrogen) atoms. The Morgan fingerprint density at radius 1 is 1.07 bits per heavy atom. The van der Waals surface area contributed by atoms with Crippen LogP contribution in [0.15, 0.2) is 47.8 Å². The number of benzene rings is 1. The molecule has 7 atom stereocenters. The molecule has 300 valence electrons. The molecule has 2 amide bonds. The van der Waals surface area contributed by atoms with Gasteiger partial charge in [-0.1, -0.05) is 37.1 Å². The molecule has 2 aromatic rings. The van der Waals surface area contributed by atoms with Gasteiger partial charge in [0.15, 0.2) is 5.78 Å². The number of sulfonamides is 1. The molecule has 14 heteroatoms. The third-order valence-electron chi connectivity index (χ3n) is 13.3. The van der Waals surface area contributed by atoms with E-state index in [-0.39, 0.29) is 68.1 Å². The fraction of sp³-hybridized carbons (Fsp3) is 0.619. The normalized spacial score (nSPS) is 33.0. The third kappa shape index (κ3) is 7.45. The van der Waals surface area contributed by atoms with E-state index in [2.05, 4.69) is 11.3 Å². The van der Waals surface area contributed by atoms with Crippen LogP contribution in [0.3, 0.4) is 0 Å². The summed E-state index contributed by atoms with van der Waals surface area (Å²) in [4.78, 5) is 77.0. The minimum atomic E-state index is -3.87. The van der Waals surface area contributed by atoms with Crippen LogP contribution >= 0.6 is 0 Å². The highest BCUT2D eigenvalue weighted by Gasteiger charge is 2.62. The van der Waals surface area contributed by atoms with Crippen LogP contribution in [0, 0.1) is 36.0 Å². The van der Waals surface area contributed by atoms with Crippen molar-refractivity contribution in [1.29, 1.82) is 0 Å². The first-order valence-corrected chi connectivity index (χ1v) is 21.8. The number of ketones is 1. The number of rotatable bonds is 8. The highest BCUT2D eigenvalue weighted by Crippen LogP contribution is 2.57. The Labute approximate surface area is 327 Å². The van der Waals surface area contributed by atoms with E-state index in [4.69, 9.17) is 14.5 Å². The van der Waals surface area contributed by atoms with Crippen LogP contribution in [-0.4, -0.2) is 76.0 Å². The zero-order valence-corrected chi connectivity index (χ0v) is 33.1. The van der Waals surface area contributed by atoms with Crippen molar-refractivity contribution >= 4 is 44.5 Å². The number of allylic oxidation sites excluding steroid dienone is 3. The van der Waals surface area contributed by atoms with Crippen molar-refractivity contribution in [3.63, 3.8) is 0 Å². The number of aromatic nitrogens is 2. The Balaban J connectivity index is 1.15. The molecule has 1 saturated heterocycles. The zero-order valence-electron chi connectivity index (χ0n) is 32.2. The molecule has 4 saturated carbocycles. The number of Topliss-reactive ketones (excluding diaryl/α,β-unsaturated/α-hetero) is 1. The lowest BCUT2D eigenvalue weighted by atomic mass is 9.86. The van der Waals surface area contributed by atoms with E-state index in [0.717, 1.165) is 50.5 Å². The molecule has 4 aliphatic carbocycles. The van der Waals surface area contributed by atoms with Crippen LogP contribution in [0.25, 0.3) is 10.9 Å². The number of esters is 1. The number of nitrogens with zero attached hydrogens (tertiary/aromatic N) is 3. The quantitative estimate of drug-likeness (QED) is 0.293. The first kappa shape index (κ1) is 38.5. The van der Waals surface area contributed by atoms with Gasteiger partial charge < -0.3 is 14.4 Å². The molecular formula is C42H52N4O9S. The molecule has 5 fully saturated rings. The summed E-state index contributed by atoms with van der Waals surface area (Å²) in [5.74, 6) is -2.92. The van der Waals surface area contributed by atoms with E-state index < -0.39 is 67.9 Å². The van der Waals surface area contributed by atoms with Gasteiger partial charge in [-0.3, -0.25) is 33.3 Å². The van der Waals surface area contributed by atoms with Crippen molar-refractivity contribution in [2.45, 2.75) is 127 Å². The van der Waals surface area contributed by atoms with E-state index in [0.29, 0.717) is 23.7 Å². The second-order valence-corrected chi connectivity index (χ2v) is 19.4. The molecule has 1 aromatic carbocycles. The fourth-order valence-electron chi connectivity index (χ4n) is 9.52. The van der Waals surface area contributed by atoms with E-state index in [1.54, 1.807) is 12.1 Å². The van der Waals surface area contributed by atoms with Crippen LogP contribution in [0.4, 0.5) is 0 Å². The summed E-state index contributed by atoms with van der Waals surface area (Å²) in [5.41, 5.74) is -0.803. The standard InChI is InChI=1S/C42H52N4O9S/c1-4-27-22-42(27,39(51)44-56(52,53)30-14-15-30)23-35(47)34-19-29-24-46(34)38(50)32(26-10-7-8-11-26)20-36(48)55-41(3)21-28(41)12-6-5-9-17-45-37(49)31-16-13-25(2)18-33(31)43-40(45)54-29/h4-5,9,13,16,18,26-30,32,34H,1,6-8,10-12,14-15,17,19-24H2,2-3H3,(H,44,51)/b9-5+/t27-,28+,29-,32+,34+,41+,42-/m1/s1. The summed E-state index contributed by atoms with van der Waals surface area (Å²) in [6.45, 7) is 7.87. The van der Waals surface area contributed by atoms with Gasteiger partial charge in [-0.05, 0) is 94.7 Å². The summed E-state index contributed by atoms with van der Waals surface area (Å²) in [5, 5.41) is -0.175. The van der Waals surface area contributed by atoms with Crippen LogP contribution in [-0.2, 0) is 40.5 Å². The first-order valence-electron chi connectivity index (χ1n) is 20.3. The molecule has 13 nitrogen and oxygen atoms in total. The summed E-state index contributed by atoms with van der Waals surface area (Å²) < 4.78 is 41.9. The van der Waals surface area contributed by atoms with Crippen molar-refractivity contribution in [3.8, 4) is 6.01 Å². The van der Waals surface area contributed by atoms with Crippen molar-refractivity contribution < 1.29 is 37.1 Å². The van der Waals surface area contributed by atoms with Gasteiger partial charge in [0.25, 0.3) is 11.6 Å². The second kappa shape index (κ2) is 14.6. The highest BCUT2D eigenvalue weighted by molar-refractivity contribution is 7.90. The van der Waals surface area contributed by atoms with E-state index in [1.807, 2.05) is 38.1 Å². The lowest BCUT2D eigenvalue weighted by Crippen LogP contribution is -2.47. The van der Waals surface area contributed by atoms with Crippen molar-refractivity contribution in [1.82, 2.24) is 19.2 Å². The number of carbonyl (C=O) groups excluding carboxylic acids is 4. The molecule has 1 N–H and O–H groups in total. The highest BCUT2D eigenvalue weighted by atomic mass is 32.2. The number of ether oxygens (including phenoxy) is 2. The Morgan fingerprint density at radius 2 is 1.84 bits per heavy atom. The van der Waals surface area contributed by atoms with Crippen molar-refractivity contribution in [2.24, 2.45) is 29.1 Å². The predicted octanol–water partition coefficient (Wildman–Crippen LogP) is 4.68. The molecule has 0 unspecified atom stereocenters. The van der Waals surface area contributed by atoms with Gasteiger partial charge in [-0.2, -0.15) is 4.98 Å². The SMILES string of the molecule is C=C[C@@H]1C[C@]1(CC(=O)[C@@H]1C[C@@H]2CN1C(=O)[C@H](C1CCCC1)CC(=O)O[C@@]1(C)C[C@@H]1CC/C=C/Cn1c(nc3cc(C)ccc3c1=O)O2)C(=O)NS(=O)(=O)C1CC1. The number of aryl methyl sites for hydroxylation is 1. The lowest BCUT2D eigenvalue weighted by Gasteiger charge is -2.31. The van der Waals surface area contributed by atoms with Gasteiger partial charge in [-0.25, -0.2) is 8.42 Å². The number of fused-ring (bicyclic) bond motifs is 5. The number of carbonyl (C=O) groups is 4. The second-order valence-electron chi connectivity index (χ2n) is 17.4. The number of hydrogen-bond donors (Lipinski definition) is 1. The van der Waals surface area contributed by atoms with E-state index >= 15 is 0 Å². The molecule has 1 aromatic heterocycles. The fourth-order valence-corrected chi connectivity index (χ4v) is 10.9. The molecule has 2 aliphatic heterocycles. The minimum absolute atomic E-state index is 0.00892. The van der Waals surface area contributed by atoms with Gasteiger partial charge in [-0.15, -0.1) is 6.58 Å². The maximum absolute atomic E-state index is 14.9. The predicted molar refractivity (Wildman–Crippen MR) is 207 cm³/mol. The summed E-state index contributed by atoms with van der Waals surface area (Å²) >= 11 is 0. The number of amides is 2. The minimum Gasteiger partial charge on any atom is -0.459 e. The molecule has 8 rings (SSSR count). The van der Waals surface area contributed by atoms with Crippen LogP contribution in [0.5, 0.6) is 6.01 Å². The van der Waals surface area contributed by atoms with Gasteiger partial charge in [0.1, 0.15) is 11.7 Å². The van der Waals surface area contributed by atoms with Crippen molar-refractivity contribution in [3.05, 3.63) is 58.9 Å². The maximum Gasteiger partial charge on any atom is 0.307 e. The van der Waals surface area contributed by atoms with Crippen LogP contribution in [0.1, 0.15) is 96.0 Å². The zero-order chi connectivity index (χ0) is 39.6. The van der Waals surface area contributed by atoms with Gasteiger partial charge in [0.05, 0.1) is 46.5 Å². The Hall–Kier alpha value is -4.33. The molecule has 3 heterocycles. The molecular weight excluding hydrogens is 737 g/mol. The summed E-state index contributed by atoms with van der Waals surface area (Å²) in [6, 6.07) is 4.47. The number of nitrogens with one attached hydrogen (secondary N) is 1. The molecule has 0 spiro atoms. The smallest absolute Gasteiger partial charge is 0.307 e. The van der Waals surface area contributed by atoms with Crippen LogP contribution < -0.4 is 15.0 Å². The molecule has 6 aliphatic rings. The lowest BCUT2D eigenvalue weighted by molar-refractivity contribution is -0.157. The monoisotopic (exact) mass is 788 g/mol. The summed E-state index contributed by atoms with van der Waals surface area (Å²) in [6.07, 6.45) is 11.3. The first-order chi connectivity index (χ1) is 26.7. The average molecular weight is 789 g/mol.